The van der Waals surface area contributed by atoms with Gasteiger partial charge in [-0.15, -0.1) is 11.6 Å². The van der Waals surface area contributed by atoms with E-state index in [-0.39, 0.29) is 11.3 Å². The lowest BCUT2D eigenvalue weighted by atomic mass is 10.1. The topological polar surface area (TPSA) is 46.2 Å². The first-order valence-electron chi connectivity index (χ1n) is 5.34. The average molecular weight is 256 g/mol. The molecule has 1 N–H and O–H groups in total. The van der Waals surface area contributed by atoms with Crippen molar-refractivity contribution in [2.45, 2.75) is 52.0 Å². The third-order valence-corrected chi connectivity index (χ3v) is 3.78. The number of rotatable bonds is 7. The van der Waals surface area contributed by atoms with Gasteiger partial charge in [-0.25, -0.2) is 13.1 Å². The van der Waals surface area contributed by atoms with E-state index in [9.17, 15) is 8.42 Å². The first kappa shape index (κ1) is 15.2. The lowest BCUT2D eigenvalue weighted by Gasteiger charge is -2.20. The molecule has 0 rings (SSSR count). The Morgan fingerprint density at radius 2 is 1.60 bits per heavy atom. The summed E-state index contributed by atoms with van der Waals surface area (Å²) in [4.78, 5) is 0. The Labute approximate surface area is 98.6 Å². The molecule has 0 radical (unpaired) electrons. The Morgan fingerprint density at radius 3 is 2.07 bits per heavy atom. The fraction of sp³-hybridized carbons (Fsp3) is 1.00. The Balaban J connectivity index is 3.76. The molecular formula is C10H22ClNO2S. The molecule has 0 aromatic carbocycles. The summed E-state index contributed by atoms with van der Waals surface area (Å²) in [5.41, 5.74) is -0.380. The SMILES string of the molecule is CC(C)(C)NS(=O)(=O)CCCCCCCl. The normalized spacial score (nSPS) is 13.1. The van der Waals surface area contributed by atoms with Crippen molar-refractivity contribution in [2.75, 3.05) is 11.6 Å². The third kappa shape index (κ3) is 10.5. The number of sulfonamides is 1. The Morgan fingerprint density at radius 1 is 1.07 bits per heavy atom. The zero-order chi connectivity index (χ0) is 11.9. The molecular weight excluding hydrogens is 234 g/mol. The minimum Gasteiger partial charge on any atom is -0.212 e. The lowest BCUT2D eigenvalue weighted by molar-refractivity contribution is 0.489. The number of hydrogen-bond acceptors (Lipinski definition) is 2. The molecule has 0 bridgehead atoms. The summed E-state index contributed by atoms with van der Waals surface area (Å²) in [5.74, 6) is 0.875. The molecule has 0 unspecified atom stereocenters. The molecule has 3 nitrogen and oxygen atoms in total. The summed E-state index contributed by atoms with van der Waals surface area (Å²) < 4.78 is 25.7. The van der Waals surface area contributed by atoms with E-state index in [0.29, 0.717) is 12.3 Å². The summed E-state index contributed by atoms with van der Waals surface area (Å²) in [5, 5.41) is 0. The molecule has 0 aliphatic rings. The predicted molar refractivity (Wildman–Crippen MR) is 65.9 cm³/mol. The van der Waals surface area contributed by atoms with Gasteiger partial charge >= 0.3 is 0 Å². The van der Waals surface area contributed by atoms with Crippen molar-refractivity contribution < 1.29 is 8.42 Å². The Kier molecular flexibility index (Phi) is 6.80. The maximum atomic E-state index is 11.5. The van der Waals surface area contributed by atoms with Crippen LogP contribution in [0.3, 0.4) is 0 Å². The van der Waals surface area contributed by atoms with Gasteiger partial charge in [0.2, 0.25) is 10.0 Å². The number of unbranched alkanes of at least 4 members (excludes halogenated alkanes) is 3. The van der Waals surface area contributed by atoms with Crippen LogP contribution >= 0.6 is 11.6 Å². The van der Waals surface area contributed by atoms with Gasteiger partial charge in [-0.1, -0.05) is 12.8 Å². The van der Waals surface area contributed by atoms with Crippen LogP contribution in [-0.4, -0.2) is 25.6 Å². The van der Waals surface area contributed by atoms with Gasteiger partial charge in [0.1, 0.15) is 0 Å². The molecule has 0 aliphatic carbocycles. The smallest absolute Gasteiger partial charge is 0.212 e. The summed E-state index contributed by atoms with van der Waals surface area (Å²) in [6.07, 6.45) is 3.61. The fourth-order valence-electron chi connectivity index (χ4n) is 1.26. The number of halogens is 1. The van der Waals surface area contributed by atoms with E-state index in [0.717, 1.165) is 19.3 Å². The van der Waals surface area contributed by atoms with E-state index in [1.807, 2.05) is 20.8 Å². The van der Waals surface area contributed by atoms with Crippen molar-refractivity contribution >= 4 is 21.6 Å². The monoisotopic (exact) mass is 255 g/mol. The van der Waals surface area contributed by atoms with Crippen LogP contribution in [0, 0.1) is 0 Å². The number of nitrogens with one attached hydrogen (secondary N) is 1. The molecule has 0 aromatic rings. The average Bonchev–Trinajstić information content (AvgIpc) is 1.99. The van der Waals surface area contributed by atoms with Crippen LogP contribution in [-0.2, 0) is 10.0 Å². The Bertz CT molecular complexity index is 257. The largest absolute Gasteiger partial charge is 0.212 e. The van der Waals surface area contributed by atoms with Crippen LogP contribution in [0.25, 0.3) is 0 Å². The summed E-state index contributed by atoms with van der Waals surface area (Å²) >= 11 is 5.53. The zero-order valence-electron chi connectivity index (χ0n) is 9.85. The lowest BCUT2D eigenvalue weighted by Crippen LogP contribution is -2.41. The van der Waals surface area contributed by atoms with Gasteiger partial charge in [-0.05, 0) is 33.6 Å². The van der Waals surface area contributed by atoms with Gasteiger partial charge in [0.25, 0.3) is 0 Å². The van der Waals surface area contributed by atoms with Gasteiger partial charge in [-0.3, -0.25) is 0 Å². The molecule has 15 heavy (non-hydrogen) atoms. The minimum absolute atomic E-state index is 0.215. The first-order chi connectivity index (χ1) is 6.77. The van der Waals surface area contributed by atoms with E-state index < -0.39 is 10.0 Å². The van der Waals surface area contributed by atoms with Crippen LogP contribution in [0.5, 0.6) is 0 Å². The van der Waals surface area contributed by atoms with Crippen molar-refractivity contribution in [3.8, 4) is 0 Å². The van der Waals surface area contributed by atoms with Crippen LogP contribution in [0.15, 0.2) is 0 Å². The van der Waals surface area contributed by atoms with Crippen LogP contribution in [0.1, 0.15) is 46.5 Å². The Hall–Kier alpha value is 0.200. The maximum absolute atomic E-state index is 11.5. The van der Waals surface area contributed by atoms with Gasteiger partial charge in [0, 0.05) is 11.4 Å². The van der Waals surface area contributed by atoms with Crippen LogP contribution in [0.2, 0.25) is 0 Å². The number of alkyl halides is 1. The van der Waals surface area contributed by atoms with Crippen molar-refractivity contribution in [1.29, 1.82) is 0 Å². The zero-order valence-corrected chi connectivity index (χ0v) is 11.4. The molecule has 0 heterocycles. The quantitative estimate of drug-likeness (QED) is 0.561. The van der Waals surface area contributed by atoms with E-state index >= 15 is 0 Å². The van der Waals surface area contributed by atoms with Gasteiger partial charge in [0.15, 0.2) is 0 Å². The molecule has 0 atom stereocenters. The molecule has 0 amide bonds. The molecule has 0 aliphatic heterocycles. The highest BCUT2D eigenvalue weighted by Crippen LogP contribution is 2.06. The fourth-order valence-corrected chi connectivity index (χ4v) is 3.07. The highest BCUT2D eigenvalue weighted by atomic mass is 35.5. The standard InChI is InChI=1S/C10H22ClNO2S/c1-10(2,3)12-15(13,14)9-7-5-4-6-8-11/h12H,4-9H2,1-3H3. The third-order valence-electron chi connectivity index (χ3n) is 1.76. The maximum Gasteiger partial charge on any atom is 0.212 e. The van der Waals surface area contributed by atoms with E-state index in [1.54, 1.807) is 0 Å². The van der Waals surface area contributed by atoms with Gasteiger partial charge in [-0.2, -0.15) is 0 Å². The summed E-state index contributed by atoms with van der Waals surface area (Å²) in [6, 6.07) is 0. The van der Waals surface area contributed by atoms with E-state index in [4.69, 9.17) is 11.6 Å². The minimum atomic E-state index is -3.11. The first-order valence-corrected chi connectivity index (χ1v) is 7.53. The summed E-state index contributed by atoms with van der Waals surface area (Å²) in [6.45, 7) is 5.54. The molecule has 5 heteroatoms. The van der Waals surface area contributed by atoms with E-state index in [1.165, 1.54) is 0 Å². The van der Waals surface area contributed by atoms with Crippen molar-refractivity contribution in [3.05, 3.63) is 0 Å². The molecule has 0 aromatic heterocycles. The van der Waals surface area contributed by atoms with Crippen LogP contribution in [0.4, 0.5) is 0 Å². The molecule has 92 valence electrons. The highest BCUT2D eigenvalue weighted by molar-refractivity contribution is 7.89. The van der Waals surface area contributed by atoms with Gasteiger partial charge in [0.05, 0.1) is 5.75 Å². The second-order valence-electron chi connectivity index (χ2n) is 4.77. The van der Waals surface area contributed by atoms with Gasteiger partial charge < -0.3 is 0 Å². The van der Waals surface area contributed by atoms with Crippen LogP contribution < -0.4 is 4.72 Å². The summed E-state index contributed by atoms with van der Waals surface area (Å²) in [7, 11) is -3.11. The van der Waals surface area contributed by atoms with E-state index in [2.05, 4.69) is 4.72 Å². The molecule has 0 spiro atoms. The molecule has 0 saturated heterocycles. The molecule has 0 saturated carbocycles. The second kappa shape index (κ2) is 6.71. The van der Waals surface area contributed by atoms with Crippen molar-refractivity contribution in [2.24, 2.45) is 0 Å². The predicted octanol–water partition coefficient (Wildman–Crippen LogP) is 2.50. The van der Waals surface area contributed by atoms with Crippen molar-refractivity contribution in [3.63, 3.8) is 0 Å². The highest BCUT2D eigenvalue weighted by Gasteiger charge is 2.18. The number of hydrogen-bond donors (Lipinski definition) is 1. The van der Waals surface area contributed by atoms with Crippen molar-refractivity contribution in [1.82, 2.24) is 4.72 Å². The second-order valence-corrected chi connectivity index (χ2v) is 6.99. The molecule has 0 fully saturated rings.